The summed E-state index contributed by atoms with van der Waals surface area (Å²) in [6, 6.07) is 3.67. The van der Waals surface area contributed by atoms with Crippen molar-refractivity contribution in [3.8, 4) is 0 Å². The number of hydrogen-bond acceptors (Lipinski definition) is 5. The van der Waals surface area contributed by atoms with Crippen molar-refractivity contribution >= 4 is 29.5 Å². The maximum atomic E-state index is 13.6. The molecule has 1 aromatic rings. The van der Waals surface area contributed by atoms with Gasteiger partial charge < -0.3 is 9.79 Å². The van der Waals surface area contributed by atoms with E-state index in [1.165, 1.54) is 12.1 Å². The van der Waals surface area contributed by atoms with E-state index in [4.69, 9.17) is 9.79 Å². The summed E-state index contributed by atoms with van der Waals surface area (Å²) >= 11 is 1.08. The molecule has 10 heteroatoms. The second-order valence-electron chi connectivity index (χ2n) is 3.37. The average molecular weight is 330 g/mol. The molecule has 1 aromatic carbocycles. The van der Waals surface area contributed by atoms with Crippen molar-refractivity contribution in [2.75, 3.05) is 12.1 Å². The van der Waals surface area contributed by atoms with Crippen molar-refractivity contribution in [2.24, 2.45) is 0 Å². The predicted octanol–water partition coefficient (Wildman–Crippen LogP) is 1.78. The number of rotatable bonds is 6. The maximum absolute atomic E-state index is 13.6. The van der Waals surface area contributed by atoms with E-state index < -0.39 is 34.8 Å². The molecule has 0 aromatic heterocycles. The first-order chi connectivity index (χ1) is 8.67. The Bertz CT molecular complexity index is 597. The van der Waals surface area contributed by atoms with Gasteiger partial charge in [-0.15, -0.1) is 11.8 Å². The Balaban J connectivity index is 3.17. The fourth-order valence-electron chi connectivity index (χ4n) is 1.20. The first-order valence-electron chi connectivity index (χ1n) is 5.02. The molecule has 0 atom stereocenters. The second-order valence-corrected chi connectivity index (χ2v) is 7.81. The average Bonchev–Trinajstić information content (AvgIpc) is 2.26. The first-order valence-corrected chi connectivity index (χ1v) is 9.22. The zero-order valence-corrected chi connectivity index (χ0v) is 12.3. The molecule has 0 aliphatic rings. The van der Waals surface area contributed by atoms with Gasteiger partial charge in [0.2, 0.25) is 0 Å². The molecular weight excluding hydrogens is 318 g/mol. The van der Waals surface area contributed by atoms with Crippen LogP contribution in [0.3, 0.4) is 0 Å². The second kappa shape index (κ2) is 6.34. The topological polar surface area (TPSA) is 101 Å². The smallest absolute Gasteiger partial charge is 0.323 e. The largest absolute Gasteiger partial charge is 0.352 e. The molecule has 0 saturated heterocycles. The minimum absolute atomic E-state index is 0.133. The van der Waals surface area contributed by atoms with Gasteiger partial charge in [0, 0.05) is 4.90 Å². The Morgan fingerprint density at radius 1 is 1.42 bits per heavy atom. The molecular formula is C9H12FO6PS2. The Morgan fingerprint density at radius 2 is 2.05 bits per heavy atom. The van der Waals surface area contributed by atoms with E-state index in [1.54, 1.807) is 6.92 Å². The van der Waals surface area contributed by atoms with Gasteiger partial charge in [0.05, 0.1) is 0 Å². The number of halogens is 1. The molecule has 2 N–H and O–H groups in total. The van der Waals surface area contributed by atoms with Crippen LogP contribution in [0.1, 0.15) is 6.92 Å². The molecule has 108 valence electrons. The summed E-state index contributed by atoms with van der Waals surface area (Å²) < 4.78 is 52.0. The summed E-state index contributed by atoms with van der Waals surface area (Å²) in [6.45, 7) is 1.75. The van der Waals surface area contributed by atoms with Crippen LogP contribution >= 0.6 is 19.4 Å². The van der Waals surface area contributed by atoms with Gasteiger partial charge in [0.25, 0.3) is 0 Å². The van der Waals surface area contributed by atoms with Gasteiger partial charge >= 0.3 is 17.7 Å². The van der Waals surface area contributed by atoms with E-state index in [9.17, 15) is 17.4 Å². The first kappa shape index (κ1) is 16.6. The molecule has 0 fully saturated rings. The van der Waals surface area contributed by atoms with Crippen molar-refractivity contribution in [1.29, 1.82) is 0 Å². The van der Waals surface area contributed by atoms with Gasteiger partial charge in [-0.3, -0.25) is 8.75 Å². The van der Waals surface area contributed by atoms with Crippen molar-refractivity contribution in [1.82, 2.24) is 0 Å². The highest BCUT2D eigenvalue weighted by atomic mass is 32.2. The van der Waals surface area contributed by atoms with E-state index in [2.05, 4.69) is 4.18 Å². The van der Waals surface area contributed by atoms with Crippen molar-refractivity contribution in [3.63, 3.8) is 0 Å². The lowest BCUT2D eigenvalue weighted by Crippen LogP contribution is -2.11. The van der Waals surface area contributed by atoms with Crippen molar-refractivity contribution in [3.05, 3.63) is 24.0 Å². The Morgan fingerprint density at radius 3 is 2.58 bits per heavy atom. The predicted molar refractivity (Wildman–Crippen MR) is 68.0 cm³/mol. The molecule has 6 nitrogen and oxygen atoms in total. The molecule has 1 rings (SSSR count). The van der Waals surface area contributed by atoms with Crippen LogP contribution in [0.2, 0.25) is 0 Å². The number of hydrogen-bond donors (Lipinski definition) is 2. The van der Waals surface area contributed by atoms with Crippen LogP contribution in [0.5, 0.6) is 0 Å². The van der Waals surface area contributed by atoms with Crippen LogP contribution in [-0.2, 0) is 18.9 Å². The zero-order chi connectivity index (χ0) is 14.7. The van der Waals surface area contributed by atoms with Gasteiger partial charge in [-0.25, -0.2) is 4.39 Å². The van der Waals surface area contributed by atoms with E-state index in [-0.39, 0.29) is 4.90 Å². The normalized spacial score (nSPS) is 12.6. The monoisotopic (exact) mass is 330 g/mol. The summed E-state index contributed by atoms with van der Waals surface area (Å²) in [5, 5.41) is 0. The fraction of sp³-hybridized carbons (Fsp3) is 0.333. The van der Waals surface area contributed by atoms with E-state index in [1.807, 2.05) is 0 Å². The van der Waals surface area contributed by atoms with E-state index >= 15 is 0 Å². The summed E-state index contributed by atoms with van der Waals surface area (Å²) in [5.74, 6) is -0.519. The SMILES string of the molecule is CCSc1cccc(F)c1S(=O)(=O)OCP(=O)(O)O. The third-order valence-electron chi connectivity index (χ3n) is 1.86. The molecule has 0 unspecified atom stereocenters. The molecule has 0 radical (unpaired) electrons. The van der Waals surface area contributed by atoms with E-state index in [0.717, 1.165) is 17.8 Å². The summed E-state index contributed by atoms with van der Waals surface area (Å²) in [5.41, 5.74) is 0. The van der Waals surface area contributed by atoms with Crippen LogP contribution in [0.25, 0.3) is 0 Å². The standard InChI is InChI=1S/C9H12FO6PS2/c1-2-18-8-5-3-4-7(10)9(8)19(14,15)16-6-17(11,12)13/h3-5H,2,6H2,1H3,(H2,11,12,13). The molecule has 0 spiro atoms. The van der Waals surface area contributed by atoms with Crippen LogP contribution in [0, 0.1) is 5.82 Å². The van der Waals surface area contributed by atoms with Crippen LogP contribution in [-0.4, -0.2) is 30.3 Å². The minimum Gasteiger partial charge on any atom is -0.323 e. The summed E-state index contributed by atoms with van der Waals surface area (Å²) in [7, 11) is -9.22. The van der Waals surface area contributed by atoms with Gasteiger partial charge in [0.1, 0.15) is 10.7 Å². The lowest BCUT2D eigenvalue weighted by molar-refractivity contribution is 0.299. The molecule has 0 aliphatic heterocycles. The van der Waals surface area contributed by atoms with Crippen molar-refractivity contribution in [2.45, 2.75) is 16.7 Å². The Kier molecular flexibility index (Phi) is 5.54. The fourth-order valence-corrected chi connectivity index (χ4v) is 4.24. The summed E-state index contributed by atoms with van der Waals surface area (Å²) in [6.07, 6.45) is -1.32. The van der Waals surface area contributed by atoms with Crippen molar-refractivity contribution < 1.29 is 31.3 Å². The summed E-state index contributed by atoms with van der Waals surface area (Å²) in [4.78, 5) is 16.6. The van der Waals surface area contributed by atoms with Gasteiger partial charge in [-0.1, -0.05) is 13.0 Å². The van der Waals surface area contributed by atoms with Gasteiger partial charge in [-0.05, 0) is 17.9 Å². The van der Waals surface area contributed by atoms with Gasteiger partial charge in [0.15, 0.2) is 6.35 Å². The third kappa shape index (κ3) is 4.87. The van der Waals surface area contributed by atoms with E-state index in [0.29, 0.717) is 5.75 Å². The quantitative estimate of drug-likeness (QED) is 0.466. The van der Waals surface area contributed by atoms with Crippen LogP contribution in [0.4, 0.5) is 4.39 Å². The lowest BCUT2D eigenvalue weighted by Gasteiger charge is -2.11. The molecule has 19 heavy (non-hydrogen) atoms. The van der Waals surface area contributed by atoms with Crippen LogP contribution in [0.15, 0.2) is 28.0 Å². The molecule has 0 aliphatic carbocycles. The molecule has 0 saturated carbocycles. The van der Waals surface area contributed by atoms with Crippen LogP contribution < -0.4 is 0 Å². The highest BCUT2D eigenvalue weighted by Crippen LogP contribution is 2.37. The highest BCUT2D eigenvalue weighted by molar-refractivity contribution is 8.00. The Hall–Kier alpha value is -0.440. The zero-order valence-electron chi connectivity index (χ0n) is 9.82. The number of thioether (sulfide) groups is 1. The third-order valence-corrected chi connectivity index (χ3v) is 4.91. The molecule has 0 bridgehead atoms. The lowest BCUT2D eigenvalue weighted by atomic mass is 10.3. The van der Waals surface area contributed by atoms with Gasteiger partial charge in [-0.2, -0.15) is 8.42 Å². The minimum atomic E-state index is -4.66. The number of benzene rings is 1. The Labute approximate surface area is 114 Å². The molecule has 0 heterocycles. The highest BCUT2D eigenvalue weighted by Gasteiger charge is 2.27. The molecule has 0 amide bonds. The maximum Gasteiger partial charge on any atom is 0.352 e.